The molecular formula is C7H3ClFIN2. The molecule has 0 radical (unpaired) electrons. The third-order valence-corrected chi connectivity index (χ3v) is 2.63. The molecule has 0 aliphatic heterocycles. The fourth-order valence-corrected chi connectivity index (χ4v) is 1.77. The lowest BCUT2D eigenvalue weighted by molar-refractivity contribution is 0.633. The Hall–Kier alpha value is -0.360. The van der Waals surface area contributed by atoms with Gasteiger partial charge >= 0.3 is 0 Å². The number of aromatic nitrogens is 2. The van der Waals surface area contributed by atoms with Crippen LogP contribution in [0.1, 0.15) is 0 Å². The summed E-state index contributed by atoms with van der Waals surface area (Å²) in [5, 5.41) is 0.126. The number of halogens is 3. The second kappa shape index (κ2) is 2.85. The lowest BCUT2D eigenvalue weighted by atomic mass is 10.4. The van der Waals surface area contributed by atoms with E-state index < -0.39 is 5.82 Å². The van der Waals surface area contributed by atoms with Gasteiger partial charge in [0.05, 0.1) is 5.02 Å². The van der Waals surface area contributed by atoms with Crippen LogP contribution < -0.4 is 0 Å². The molecule has 0 aliphatic rings. The smallest absolute Gasteiger partial charge is 0.168 e. The van der Waals surface area contributed by atoms with Crippen LogP contribution in [-0.2, 0) is 0 Å². The van der Waals surface area contributed by atoms with Crippen molar-refractivity contribution < 1.29 is 4.39 Å². The van der Waals surface area contributed by atoms with Gasteiger partial charge in [0.1, 0.15) is 15.5 Å². The summed E-state index contributed by atoms with van der Waals surface area (Å²) in [6, 6.07) is 1.50. The van der Waals surface area contributed by atoms with Crippen molar-refractivity contribution in [2.45, 2.75) is 0 Å². The van der Waals surface area contributed by atoms with E-state index in [0.29, 0.717) is 9.22 Å². The second-order valence-corrected chi connectivity index (χ2v) is 3.70. The highest BCUT2D eigenvalue weighted by Crippen LogP contribution is 2.22. The lowest BCUT2D eigenvalue weighted by Gasteiger charge is -1.97. The predicted octanol–water partition coefficient (Wildman–Crippen LogP) is 2.73. The summed E-state index contributed by atoms with van der Waals surface area (Å²) in [5.41, 5.74) is 0.433. The summed E-state index contributed by atoms with van der Waals surface area (Å²) in [6.45, 7) is 0. The quantitative estimate of drug-likeness (QED) is 0.683. The maximum absolute atomic E-state index is 13.3. The third kappa shape index (κ3) is 1.09. The Kier molecular flexibility index (Phi) is 1.96. The molecular weight excluding hydrogens is 293 g/mol. The van der Waals surface area contributed by atoms with E-state index in [1.165, 1.54) is 6.07 Å². The molecule has 0 fully saturated rings. The van der Waals surface area contributed by atoms with E-state index in [1.807, 2.05) is 22.6 Å². The molecule has 0 spiro atoms. The van der Waals surface area contributed by atoms with E-state index in [2.05, 4.69) is 4.98 Å². The highest BCUT2D eigenvalue weighted by atomic mass is 127. The lowest BCUT2D eigenvalue weighted by Crippen LogP contribution is -1.87. The average molecular weight is 296 g/mol. The van der Waals surface area contributed by atoms with Crippen molar-refractivity contribution in [2.75, 3.05) is 0 Å². The number of rotatable bonds is 0. The van der Waals surface area contributed by atoms with Crippen LogP contribution in [0.4, 0.5) is 4.39 Å². The van der Waals surface area contributed by atoms with Gasteiger partial charge in [-0.25, -0.2) is 9.37 Å². The molecule has 0 atom stereocenters. The Bertz CT molecular complexity index is 440. The first-order chi connectivity index (χ1) is 5.70. The van der Waals surface area contributed by atoms with Crippen LogP contribution in [0.3, 0.4) is 0 Å². The predicted molar refractivity (Wildman–Crippen MR) is 52.9 cm³/mol. The van der Waals surface area contributed by atoms with Gasteiger partial charge in [0, 0.05) is 6.20 Å². The first-order valence-corrected chi connectivity index (χ1v) is 4.62. The Balaban J connectivity index is 2.96. The topological polar surface area (TPSA) is 17.3 Å². The normalized spacial score (nSPS) is 10.9. The third-order valence-electron chi connectivity index (χ3n) is 1.55. The largest absolute Gasteiger partial charge is 0.303 e. The maximum atomic E-state index is 13.3. The van der Waals surface area contributed by atoms with E-state index in [-0.39, 0.29) is 5.02 Å². The minimum atomic E-state index is -0.416. The van der Waals surface area contributed by atoms with Gasteiger partial charge in [-0.1, -0.05) is 11.6 Å². The van der Waals surface area contributed by atoms with Crippen molar-refractivity contribution in [3.8, 4) is 0 Å². The second-order valence-electron chi connectivity index (χ2n) is 2.27. The first kappa shape index (κ1) is 8.25. The number of imidazole rings is 1. The average Bonchev–Trinajstić information content (AvgIpc) is 2.41. The van der Waals surface area contributed by atoms with Gasteiger partial charge in [-0.15, -0.1) is 0 Å². The van der Waals surface area contributed by atoms with Gasteiger partial charge in [-0.3, -0.25) is 0 Å². The summed E-state index contributed by atoms with van der Waals surface area (Å²) in [7, 11) is 0. The molecule has 0 aromatic carbocycles. The molecule has 0 aliphatic carbocycles. The Morgan fingerprint density at radius 3 is 3.08 bits per heavy atom. The molecule has 0 saturated heterocycles. The van der Waals surface area contributed by atoms with E-state index in [4.69, 9.17) is 11.6 Å². The van der Waals surface area contributed by atoms with Crippen LogP contribution in [0.15, 0.2) is 18.6 Å². The van der Waals surface area contributed by atoms with Crippen LogP contribution in [0.25, 0.3) is 5.52 Å². The molecule has 0 N–H and O–H groups in total. The van der Waals surface area contributed by atoms with Gasteiger partial charge < -0.3 is 4.40 Å². The minimum absolute atomic E-state index is 0.126. The van der Waals surface area contributed by atoms with E-state index in [0.717, 1.165) is 0 Å². The molecule has 2 heterocycles. The van der Waals surface area contributed by atoms with Crippen molar-refractivity contribution in [1.29, 1.82) is 0 Å². The van der Waals surface area contributed by atoms with Crippen molar-refractivity contribution >= 4 is 39.7 Å². The number of hydrogen-bond acceptors (Lipinski definition) is 1. The molecule has 2 rings (SSSR count). The van der Waals surface area contributed by atoms with Gasteiger partial charge in [-0.2, -0.15) is 0 Å². The Morgan fingerprint density at radius 1 is 1.58 bits per heavy atom. The van der Waals surface area contributed by atoms with Crippen LogP contribution in [0.2, 0.25) is 5.02 Å². The standard InChI is InChI=1S/C7H3ClFIN2/c8-4-1-2-12-3-11-7(10)6(12)5(4)9/h1-3H. The van der Waals surface area contributed by atoms with Gasteiger partial charge in [0.15, 0.2) is 5.82 Å². The fraction of sp³-hybridized carbons (Fsp3) is 0. The van der Waals surface area contributed by atoms with Gasteiger partial charge in [0.2, 0.25) is 0 Å². The van der Waals surface area contributed by atoms with Crippen LogP contribution in [0.5, 0.6) is 0 Å². The number of fused-ring (bicyclic) bond motifs is 1. The zero-order chi connectivity index (χ0) is 8.72. The monoisotopic (exact) mass is 296 g/mol. The molecule has 0 saturated carbocycles. The summed E-state index contributed by atoms with van der Waals surface area (Å²) >= 11 is 7.56. The molecule has 0 amide bonds. The van der Waals surface area contributed by atoms with Crippen LogP contribution >= 0.6 is 34.2 Å². The van der Waals surface area contributed by atoms with Crippen molar-refractivity contribution in [3.05, 3.63) is 33.1 Å². The molecule has 5 heteroatoms. The SMILES string of the molecule is Fc1c(Cl)ccn2cnc(I)c12. The molecule has 2 aromatic rings. The molecule has 2 nitrogen and oxygen atoms in total. The zero-order valence-electron chi connectivity index (χ0n) is 5.76. The van der Waals surface area contributed by atoms with Crippen molar-refractivity contribution in [3.63, 3.8) is 0 Å². The Morgan fingerprint density at radius 2 is 2.33 bits per heavy atom. The zero-order valence-corrected chi connectivity index (χ0v) is 8.67. The van der Waals surface area contributed by atoms with Crippen LogP contribution in [-0.4, -0.2) is 9.38 Å². The molecule has 62 valence electrons. The van der Waals surface area contributed by atoms with Crippen LogP contribution in [0, 0.1) is 9.52 Å². The van der Waals surface area contributed by atoms with Crippen molar-refractivity contribution in [2.24, 2.45) is 0 Å². The fourth-order valence-electron chi connectivity index (χ4n) is 0.987. The number of nitrogens with zero attached hydrogens (tertiary/aromatic N) is 2. The number of pyridine rings is 1. The molecule has 0 unspecified atom stereocenters. The van der Waals surface area contributed by atoms with E-state index >= 15 is 0 Å². The van der Waals surface area contributed by atoms with E-state index in [1.54, 1.807) is 16.9 Å². The summed E-state index contributed by atoms with van der Waals surface area (Å²) < 4.78 is 15.5. The first-order valence-electron chi connectivity index (χ1n) is 3.16. The minimum Gasteiger partial charge on any atom is -0.303 e. The highest BCUT2D eigenvalue weighted by Gasteiger charge is 2.09. The van der Waals surface area contributed by atoms with Gasteiger partial charge in [-0.05, 0) is 28.7 Å². The summed E-state index contributed by atoms with van der Waals surface area (Å²) in [6.07, 6.45) is 3.23. The maximum Gasteiger partial charge on any atom is 0.168 e. The van der Waals surface area contributed by atoms with Crippen molar-refractivity contribution in [1.82, 2.24) is 9.38 Å². The van der Waals surface area contributed by atoms with E-state index in [9.17, 15) is 4.39 Å². The molecule has 2 aromatic heterocycles. The van der Waals surface area contributed by atoms with Gasteiger partial charge in [0.25, 0.3) is 0 Å². The summed E-state index contributed by atoms with van der Waals surface area (Å²) in [4.78, 5) is 3.95. The Labute approximate surface area is 86.5 Å². The highest BCUT2D eigenvalue weighted by molar-refractivity contribution is 14.1. The molecule has 0 bridgehead atoms. The number of hydrogen-bond donors (Lipinski definition) is 0. The molecule has 12 heavy (non-hydrogen) atoms. The summed E-state index contributed by atoms with van der Waals surface area (Å²) in [5.74, 6) is -0.416.